The molecule has 6 aliphatic heterocycles. The van der Waals surface area contributed by atoms with Gasteiger partial charge in [-0.05, 0) is 165 Å². The predicted octanol–water partition coefficient (Wildman–Crippen LogP) is 11.4. The Kier molecular flexibility index (Phi) is 14.7. The number of ketones is 3. The molecule has 0 aliphatic carbocycles. The number of fused-ring (bicyclic) bond motifs is 9. The van der Waals surface area contributed by atoms with Crippen LogP contribution >= 0.6 is 0 Å². The van der Waals surface area contributed by atoms with Gasteiger partial charge < -0.3 is 4.90 Å². The molecule has 0 bridgehead atoms. The molecule has 6 aliphatic rings. The van der Waals surface area contributed by atoms with Gasteiger partial charge in [-0.1, -0.05) is 71.9 Å². The summed E-state index contributed by atoms with van der Waals surface area (Å²) in [5, 5.41) is 0. The van der Waals surface area contributed by atoms with Crippen molar-refractivity contribution in [3.8, 4) is 0 Å². The highest BCUT2D eigenvalue weighted by molar-refractivity contribution is 6.00. The number of hydrogen-bond acceptors (Lipinski definition) is 6. The summed E-state index contributed by atoms with van der Waals surface area (Å²) in [6.07, 6.45) is 9.78. The molecule has 2 fully saturated rings. The number of nitrogens with zero attached hydrogens (tertiary/aromatic N) is 3. The van der Waals surface area contributed by atoms with E-state index in [4.69, 9.17) is 0 Å². The van der Waals surface area contributed by atoms with E-state index in [9.17, 15) is 14.4 Å². The largest absolute Gasteiger partial charge is 0.370 e. The molecule has 3 aromatic rings. The second-order valence-corrected chi connectivity index (χ2v) is 21.8. The van der Waals surface area contributed by atoms with Crippen molar-refractivity contribution in [1.82, 2.24) is 14.7 Å². The highest BCUT2D eigenvalue weighted by atomic mass is 16.1. The lowest BCUT2D eigenvalue weighted by Gasteiger charge is -2.43. The Hall–Kier alpha value is -3.87. The molecule has 9 rings (SSSR count). The monoisotopic (exact) mass is 854 g/mol. The van der Waals surface area contributed by atoms with Crippen molar-refractivity contribution in [2.24, 2.45) is 35.5 Å². The minimum atomic E-state index is 0.182. The minimum absolute atomic E-state index is 0.182. The van der Waals surface area contributed by atoms with Crippen molar-refractivity contribution in [3.63, 3.8) is 0 Å². The first kappa shape index (κ1) is 47.1. The van der Waals surface area contributed by atoms with Gasteiger partial charge in [-0.15, -0.1) is 0 Å². The molecule has 3 unspecified atom stereocenters. The van der Waals surface area contributed by atoms with Crippen LogP contribution in [0.2, 0.25) is 0 Å². The van der Waals surface area contributed by atoms with Crippen LogP contribution in [0.1, 0.15) is 152 Å². The number of hydrogen-bond donors (Lipinski definition) is 0. The Balaban J connectivity index is 0.000000142. The summed E-state index contributed by atoms with van der Waals surface area (Å²) in [4.78, 5) is 45.0. The molecule has 6 heteroatoms. The number of aryl methyl sites for hydroxylation is 6. The molecule has 63 heavy (non-hydrogen) atoms. The van der Waals surface area contributed by atoms with E-state index in [-0.39, 0.29) is 17.8 Å². The molecule has 340 valence electrons. The Morgan fingerprint density at radius 1 is 0.492 bits per heavy atom. The van der Waals surface area contributed by atoms with Gasteiger partial charge >= 0.3 is 0 Å². The molecule has 0 N–H and O–H groups in total. The van der Waals surface area contributed by atoms with E-state index >= 15 is 0 Å². The van der Waals surface area contributed by atoms with Gasteiger partial charge in [0.25, 0.3) is 0 Å². The fourth-order valence-corrected chi connectivity index (χ4v) is 11.6. The van der Waals surface area contributed by atoms with Crippen molar-refractivity contribution in [3.05, 3.63) is 109 Å². The van der Waals surface area contributed by atoms with Crippen LogP contribution in [0.15, 0.2) is 42.5 Å². The van der Waals surface area contributed by atoms with E-state index in [0.29, 0.717) is 60.0 Å². The maximum atomic E-state index is 12.5. The lowest BCUT2D eigenvalue weighted by atomic mass is 9.79. The standard InChI is InChI=1S/2C19H27NO.C19H25NO/c3*1-12(2)7-16-11-20-6-5-15-8-13(3)14(4)9-17(15)18(20)10-19(16)21/h2*8-9,12,16,18H,5-7,10-11H2,1-4H3;8-10,12,16H,5-7,11H2,1-4H3/t16-,18+;;/m0../s1. The number of carbonyl (C=O) groups excluding carboxylic acids is 3. The molecule has 6 heterocycles. The van der Waals surface area contributed by atoms with Crippen molar-refractivity contribution >= 4 is 23.0 Å². The Morgan fingerprint density at radius 2 is 0.889 bits per heavy atom. The van der Waals surface area contributed by atoms with Crippen LogP contribution in [0.3, 0.4) is 0 Å². The quantitative estimate of drug-likeness (QED) is 0.246. The highest BCUT2D eigenvalue weighted by Crippen LogP contribution is 2.41. The van der Waals surface area contributed by atoms with E-state index in [1.165, 1.54) is 66.8 Å². The fraction of sp³-hybridized carbons (Fsp3) is 0.596. The lowest BCUT2D eigenvalue weighted by Crippen LogP contribution is -2.46. The van der Waals surface area contributed by atoms with E-state index in [1.54, 1.807) is 0 Å². The summed E-state index contributed by atoms with van der Waals surface area (Å²) in [6, 6.07) is 14.6. The van der Waals surface area contributed by atoms with Gasteiger partial charge in [-0.3, -0.25) is 24.2 Å². The van der Waals surface area contributed by atoms with E-state index in [2.05, 4.69) is 134 Å². The van der Waals surface area contributed by atoms with Crippen molar-refractivity contribution in [1.29, 1.82) is 0 Å². The molecule has 0 spiro atoms. The molecule has 2 saturated heterocycles. The Labute approximate surface area is 381 Å². The van der Waals surface area contributed by atoms with Crippen LogP contribution in [0.25, 0.3) is 5.70 Å². The Bertz CT molecular complexity index is 2130. The van der Waals surface area contributed by atoms with Crippen LogP contribution in [0, 0.1) is 77.0 Å². The number of Topliss-reactive ketones (excluding diaryl/α,β-unsaturated/α-hetero) is 2. The zero-order valence-electron chi connectivity index (χ0n) is 41.1. The van der Waals surface area contributed by atoms with Gasteiger partial charge in [-0.2, -0.15) is 0 Å². The zero-order chi connectivity index (χ0) is 45.4. The number of rotatable bonds is 6. The van der Waals surface area contributed by atoms with Crippen molar-refractivity contribution in [2.45, 2.75) is 147 Å². The smallest absolute Gasteiger partial charge is 0.162 e. The number of piperidine rings is 2. The summed E-state index contributed by atoms with van der Waals surface area (Å²) < 4.78 is 0. The van der Waals surface area contributed by atoms with Crippen LogP contribution in [0.4, 0.5) is 0 Å². The van der Waals surface area contributed by atoms with Crippen LogP contribution in [-0.4, -0.2) is 71.3 Å². The molecule has 0 amide bonds. The topological polar surface area (TPSA) is 60.9 Å². The Morgan fingerprint density at radius 3 is 1.35 bits per heavy atom. The average molecular weight is 854 g/mol. The third kappa shape index (κ3) is 10.7. The fourth-order valence-electron chi connectivity index (χ4n) is 11.6. The van der Waals surface area contributed by atoms with Crippen LogP contribution in [-0.2, 0) is 33.6 Å². The van der Waals surface area contributed by atoms with Crippen molar-refractivity contribution in [2.75, 3.05) is 39.3 Å². The molecule has 3 aromatic carbocycles. The number of allylic oxidation sites excluding steroid dienone is 1. The van der Waals surface area contributed by atoms with Crippen LogP contribution < -0.4 is 0 Å². The van der Waals surface area contributed by atoms with Gasteiger partial charge in [0.2, 0.25) is 0 Å². The predicted molar refractivity (Wildman–Crippen MR) is 260 cm³/mol. The van der Waals surface area contributed by atoms with Crippen molar-refractivity contribution < 1.29 is 14.4 Å². The van der Waals surface area contributed by atoms with Gasteiger partial charge in [0.05, 0.1) is 0 Å². The first-order chi connectivity index (χ1) is 29.9. The third-order valence-electron chi connectivity index (χ3n) is 15.4. The lowest BCUT2D eigenvalue weighted by molar-refractivity contribution is -0.130. The molecular formula is C57H79N3O3. The summed E-state index contributed by atoms with van der Waals surface area (Å²) in [6.45, 7) is 32.4. The normalized spacial score (nSPS) is 24.3. The highest BCUT2D eigenvalue weighted by Gasteiger charge is 2.40. The summed E-state index contributed by atoms with van der Waals surface area (Å²) in [5.74, 6) is 3.78. The third-order valence-corrected chi connectivity index (χ3v) is 15.4. The second-order valence-electron chi connectivity index (χ2n) is 21.8. The first-order valence-electron chi connectivity index (χ1n) is 24.7. The minimum Gasteiger partial charge on any atom is -0.370 e. The van der Waals surface area contributed by atoms with E-state index in [1.807, 2.05) is 6.08 Å². The summed E-state index contributed by atoms with van der Waals surface area (Å²) in [5.41, 5.74) is 17.7. The molecule has 0 aromatic heterocycles. The van der Waals surface area contributed by atoms with Gasteiger partial charge in [0.1, 0.15) is 11.6 Å². The van der Waals surface area contributed by atoms with E-state index in [0.717, 1.165) is 83.5 Å². The maximum absolute atomic E-state index is 12.5. The molecule has 0 saturated carbocycles. The summed E-state index contributed by atoms with van der Waals surface area (Å²) >= 11 is 0. The number of benzene rings is 3. The molecule has 0 radical (unpaired) electrons. The van der Waals surface area contributed by atoms with Gasteiger partial charge in [-0.25, -0.2) is 0 Å². The summed E-state index contributed by atoms with van der Waals surface area (Å²) in [7, 11) is 0. The number of carbonyl (C=O) groups is 3. The molecule has 6 nitrogen and oxygen atoms in total. The second kappa shape index (κ2) is 19.7. The van der Waals surface area contributed by atoms with Gasteiger partial charge in [0.15, 0.2) is 5.78 Å². The SMILES string of the molecule is Cc1cc2c(cc1C)C1=CC(=O)C(CC(C)C)CN1CC2.Cc1cc2c(cc1C)C1CC(=O)C(CC(C)C)CN1CC2.Cc1cc2c(cc1C)[C@H]1CC(=O)[C@@H](CC(C)C)CN1CC2. The average Bonchev–Trinajstić information content (AvgIpc) is 3.21. The molecule has 5 atom stereocenters. The van der Waals surface area contributed by atoms with Crippen LogP contribution in [0.5, 0.6) is 0 Å². The first-order valence-corrected chi connectivity index (χ1v) is 24.7. The maximum Gasteiger partial charge on any atom is 0.162 e. The zero-order valence-corrected chi connectivity index (χ0v) is 41.1. The van der Waals surface area contributed by atoms with Gasteiger partial charge in [0, 0.05) is 99.3 Å². The van der Waals surface area contributed by atoms with E-state index < -0.39 is 0 Å². The molecular weight excluding hydrogens is 775 g/mol.